The predicted molar refractivity (Wildman–Crippen MR) is 82.7 cm³/mol. The molecule has 0 spiro atoms. The van der Waals surface area contributed by atoms with Gasteiger partial charge in [-0.2, -0.15) is 0 Å². The van der Waals surface area contributed by atoms with Gasteiger partial charge in [-0.25, -0.2) is 13.1 Å². The third-order valence-corrected chi connectivity index (χ3v) is 5.42. The summed E-state index contributed by atoms with van der Waals surface area (Å²) in [5, 5.41) is 3.89. The molecule has 0 bridgehead atoms. The van der Waals surface area contributed by atoms with Gasteiger partial charge in [0, 0.05) is 24.2 Å². The summed E-state index contributed by atoms with van der Waals surface area (Å²) in [6.07, 6.45) is 3.54. The van der Waals surface area contributed by atoms with Crippen molar-refractivity contribution in [3.8, 4) is 0 Å². The van der Waals surface area contributed by atoms with Crippen LogP contribution in [0.2, 0.25) is 0 Å². The third-order valence-electron chi connectivity index (χ3n) is 3.84. The Bertz CT molecular complexity index is 753. The zero-order valence-electron chi connectivity index (χ0n) is 12.0. The van der Waals surface area contributed by atoms with Gasteiger partial charge in [-0.05, 0) is 50.1 Å². The summed E-state index contributed by atoms with van der Waals surface area (Å²) in [5.41, 5.74) is 1.71. The molecule has 1 atom stereocenters. The van der Waals surface area contributed by atoms with Crippen molar-refractivity contribution >= 4 is 20.9 Å². The zero-order valence-corrected chi connectivity index (χ0v) is 12.8. The van der Waals surface area contributed by atoms with Gasteiger partial charge in [-0.15, -0.1) is 0 Å². The highest BCUT2D eigenvalue weighted by molar-refractivity contribution is 7.89. The summed E-state index contributed by atoms with van der Waals surface area (Å²) >= 11 is 0. The smallest absolute Gasteiger partial charge is 0.241 e. The van der Waals surface area contributed by atoms with Crippen molar-refractivity contribution in [1.29, 1.82) is 0 Å². The van der Waals surface area contributed by atoms with Crippen LogP contribution in [0.1, 0.15) is 18.4 Å². The van der Waals surface area contributed by atoms with Gasteiger partial charge in [0.25, 0.3) is 0 Å². The molecule has 1 saturated heterocycles. The second-order valence-corrected chi connectivity index (χ2v) is 7.13. The maximum Gasteiger partial charge on any atom is 0.241 e. The fraction of sp³-hybridized carbons (Fsp3) is 0.400. The summed E-state index contributed by atoms with van der Waals surface area (Å²) in [4.78, 5) is 4.60. The normalized spacial score (nSPS) is 19.8. The number of piperidine rings is 1. The molecule has 1 aromatic carbocycles. The van der Waals surface area contributed by atoms with Crippen LogP contribution >= 0.6 is 0 Å². The molecule has 21 heavy (non-hydrogen) atoms. The highest BCUT2D eigenvalue weighted by Crippen LogP contribution is 2.24. The number of aryl methyl sites for hydroxylation is 1. The Kier molecular flexibility index (Phi) is 3.93. The molecule has 0 aliphatic carbocycles. The molecule has 2 aromatic rings. The number of benzene rings is 1. The summed E-state index contributed by atoms with van der Waals surface area (Å²) in [7, 11) is -3.53. The molecule has 6 heteroatoms. The highest BCUT2D eigenvalue weighted by atomic mass is 32.2. The van der Waals surface area contributed by atoms with Gasteiger partial charge in [0.05, 0.1) is 10.4 Å². The molecule has 112 valence electrons. The average Bonchev–Trinajstić information content (AvgIpc) is 2.48. The van der Waals surface area contributed by atoms with E-state index in [4.69, 9.17) is 0 Å². The van der Waals surface area contributed by atoms with Crippen molar-refractivity contribution in [1.82, 2.24) is 15.0 Å². The van der Waals surface area contributed by atoms with Crippen molar-refractivity contribution in [3.63, 3.8) is 0 Å². The minimum atomic E-state index is -3.53. The second kappa shape index (κ2) is 5.71. The van der Waals surface area contributed by atoms with Crippen molar-refractivity contribution in [2.24, 2.45) is 0 Å². The third kappa shape index (κ3) is 2.92. The molecule has 0 saturated carbocycles. The van der Waals surface area contributed by atoms with Crippen LogP contribution in [-0.2, 0) is 10.0 Å². The Balaban J connectivity index is 2.00. The van der Waals surface area contributed by atoms with Crippen LogP contribution in [0.25, 0.3) is 10.9 Å². The molecule has 5 nitrogen and oxygen atoms in total. The van der Waals surface area contributed by atoms with E-state index in [-0.39, 0.29) is 6.04 Å². The quantitative estimate of drug-likeness (QED) is 0.903. The number of aromatic nitrogens is 1. The lowest BCUT2D eigenvalue weighted by atomic mass is 10.1. The van der Waals surface area contributed by atoms with E-state index in [9.17, 15) is 8.42 Å². The molecular formula is C15H19N3O2S. The van der Waals surface area contributed by atoms with Gasteiger partial charge >= 0.3 is 0 Å². The summed E-state index contributed by atoms with van der Waals surface area (Å²) < 4.78 is 28.1. The number of rotatable bonds is 3. The fourth-order valence-corrected chi connectivity index (χ4v) is 4.23. The molecule has 2 heterocycles. The van der Waals surface area contributed by atoms with Gasteiger partial charge in [0.1, 0.15) is 0 Å². The van der Waals surface area contributed by atoms with Gasteiger partial charge in [0.15, 0.2) is 0 Å². The Hall–Kier alpha value is -1.50. The van der Waals surface area contributed by atoms with Crippen LogP contribution in [0.15, 0.2) is 35.4 Å². The van der Waals surface area contributed by atoms with E-state index in [1.54, 1.807) is 18.3 Å². The number of hydrogen-bond donors (Lipinski definition) is 2. The van der Waals surface area contributed by atoms with E-state index in [2.05, 4.69) is 15.0 Å². The lowest BCUT2D eigenvalue weighted by Gasteiger charge is -2.24. The SMILES string of the molecule is Cc1ccc(S(=O)(=O)N[C@@H]2CCCNC2)c2cccnc12. The summed E-state index contributed by atoms with van der Waals surface area (Å²) in [6.45, 7) is 3.57. The molecule has 1 aliphatic rings. The van der Waals surface area contributed by atoms with Crippen LogP contribution in [0.4, 0.5) is 0 Å². The number of hydrogen-bond acceptors (Lipinski definition) is 4. The molecule has 2 N–H and O–H groups in total. The number of fused-ring (bicyclic) bond motifs is 1. The highest BCUT2D eigenvalue weighted by Gasteiger charge is 2.23. The molecule has 0 radical (unpaired) electrons. The van der Waals surface area contributed by atoms with E-state index < -0.39 is 10.0 Å². The van der Waals surface area contributed by atoms with E-state index in [1.807, 2.05) is 19.1 Å². The van der Waals surface area contributed by atoms with Gasteiger partial charge < -0.3 is 5.32 Å². The first kappa shape index (κ1) is 14.4. The molecule has 1 aliphatic heterocycles. The van der Waals surface area contributed by atoms with Crippen molar-refractivity contribution in [2.75, 3.05) is 13.1 Å². The molecule has 0 unspecified atom stereocenters. The van der Waals surface area contributed by atoms with Gasteiger partial charge in [0.2, 0.25) is 10.0 Å². The zero-order chi connectivity index (χ0) is 14.9. The first-order valence-electron chi connectivity index (χ1n) is 7.15. The number of nitrogens with one attached hydrogen (secondary N) is 2. The number of sulfonamides is 1. The van der Waals surface area contributed by atoms with Gasteiger partial charge in [-0.3, -0.25) is 4.98 Å². The van der Waals surface area contributed by atoms with Crippen LogP contribution in [-0.4, -0.2) is 32.5 Å². The Morgan fingerprint density at radius 1 is 1.33 bits per heavy atom. The van der Waals surface area contributed by atoms with E-state index >= 15 is 0 Å². The maximum atomic E-state index is 12.7. The standard InChI is InChI=1S/C15H19N3O2S/c1-11-6-7-14(13-5-3-9-17-15(11)13)21(19,20)18-12-4-2-8-16-10-12/h3,5-7,9,12,16,18H,2,4,8,10H2,1H3/t12-/m1/s1. The van der Waals surface area contributed by atoms with Crippen LogP contribution in [0.3, 0.4) is 0 Å². The van der Waals surface area contributed by atoms with Crippen molar-refractivity contribution in [3.05, 3.63) is 36.0 Å². The van der Waals surface area contributed by atoms with E-state index in [0.717, 1.165) is 30.5 Å². The van der Waals surface area contributed by atoms with E-state index in [1.165, 1.54) is 0 Å². The average molecular weight is 305 g/mol. The number of pyridine rings is 1. The molecule has 0 amide bonds. The minimum absolute atomic E-state index is 0.0447. The molecule has 1 aromatic heterocycles. The predicted octanol–water partition coefficient (Wildman–Crippen LogP) is 1.57. The van der Waals surface area contributed by atoms with Crippen LogP contribution < -0.4 is 10.0 Å². The lowest BCUT2D eigenvalue weighted by molar-refractivity contribution is 0.429. The topological polar surface area (TPSA) is 71.1 Å². The van der Waals surface area contributed by atoms with Gasteiger partial charge in [-0.1, -0.05) is 6.07 Å². The lowest BCUT2D eigenvalue weighted by Crippen LogP contribution is -2.45. The van der Waals surface area contributed by atoms with Crippen LogP contribution in [0, 0.1) is 6.92 Å². The van der Waals surface area contributed by atoms with Crippen LogP contribution in [0.5, 0.6) is 0 Å². The summed E-state index contributed by atoms with van der Waals surface area (Å²) in [5.74, 6) is 0. The van der Waals surface area contributed by atoms with Crippen molar-refractivity contribution < 1.29 is 8.42 Å². The monoisotopic (exact) mass is 305 g/mol. The molecule has 1 fully saturated rings. The van der Waals surface area contributed by atoms with Crippen molar-refractivity contribution in [2.45, 2.75) is 30.7 Å². The Morgan fingerprint density at radius 3 is 2.95 bits per heavy atom. The molecule has 3 rings (SSSR count). The number of nitrogens with zero attached hydrogens (tertiary/aromatic N) is 1. The minimum Gasteiger partial charge on any atom is -0.315 e. The second-order valence-electron chi connectivity index (χ2n) is 5.44. The molecular weight excluding hydrogens is 286 g/mol. The largest absolute Gasteiger partial charge is 0.315 e. The summed E-state index contributed by atoms with van der Waals surface area (Å²) in [6, 6.07) is 7.00. The fourth-order valence-electron chi connectivity index (χ4n) is 2.76. The Labute approximate surface area is 124 Å². The van der Waals surface area contributed by atoms with E-state index in [0.29, 0.717) is 16.8 Å². The first-order chi connectivity index (χ1) is 10.1. The Morgan fingerprint density at radius 2 is 2.19 bits per heavy atom. The first-order valence-corrected chi connectivity index (χ1v) is 8.63. The maximum absolute atomic E-state index is 12.7.